The van der Waals surface area contributed by atoms with Crippen LogP contribution in [0.1, 0.15) is 16.7 Å². The number of furan rings is 1. The summed E-state index contributed by atoms with van der Waals surface area (Å²) in [5.74, 6) is 0.629. The molecule has 0 N–H and O–H groups in total. The lowest BCUT2D eigenvalue weighted by Crippen LogP contribution is -1.90. The highest BCUT2D eigenvalue weighted by atomic mass is 35.5. The van der Waals surface area contributed by atoms with Crippen molar-refractivity contribution in [3.63, 3.8) is 0 Å². The van der Waals surface area contributed by atoms with Gasteiger partial charge in [-0.3, -0.25) is 0 Å². The number of hydrogen-bond acceptors (Lipinski definition) is 1. The van der Waals surface area contributed by atoms with Crippen molar-refractivity contribution in [2.24, 2.45) is 0 Å². The highest BCUT2D eigenvalue weighted by Crippen LogP contribution is 2.31. The van der Waals surface area contributed by atoms with Gasteiger partial charge in [0.2, 0.25) is 0 Å². The van der Waals surface area contributed by atoms with E-state index in [0.717, 1.165) is 5.56 Å². The summed E-state index contributed by atoms with van der Waals surface area (Å²) in [6, 6.07) is 10.7. The summed E-state index contributed by atoms with van der Waals surface area (Å²) >= 11 is 17.7. The Labute approximate surface area is 103 Å². The van der Waals surface area contributed by atoms with Crippen molar-refractivity contribution in [1.82, 2.24) is 0 Å². The van der Waals surface area contributed by atoms with Crippen molar-refractivity contribution in [2.45, 2.75) is 5.38 Å². The fourth-order valence-corrected chi connectivity index (χ4v) is 1.80. The molecule has 2 rings (SSSR count). The number of rotatable bonds is 2. The van der Waals surface area contributed by atoms with Crippen LogP contribution >= 0.6 is 34.8 Å². The average Bonchev–Trinajstić information content (AvgIpc) is 2.65. The molecule has 0 radical (unpaired) electrons. The van der Waals surface area contributed by atoms with Crippen LogP contribution in [-0.4, -0.2) is 0 Å². The first kappa shape index (κ1) is 10.9. The molecule has 0 amide bonds. The number of alkyl halides is 1. The smallest absolute Gasteiger partial charge is 0.193 e. The monoisotopic (exact) mass is 260 g/mol. The van der Waals surface area contributed by atoms with E-state index >= 15 is 0 Å². The van der Waals surface area contributed by atoms with E-state index in [9.17, 15) is 0 Å². The summed E-state index contributed by atoms with van der Waals surface area (Å²) in [7, 11) is 0. The van der Waals surface area contributed by atoms with Crippen molar-refractivity contribution in [1.29, 1.82) is 0 Å². The minimum atomic E-state index is -0.338. The first-order valence-corrected chi connectivity index (χ1v) is 5.51. The topological polar surface area (TPSA) is 13.1 Å². The molecular formula is C11H7Cl3O. The van der Waals surface area contributed by atoms with Crippen molar-refractivity contribution in [3.8, 4) is 0 Å². The highest BCUT2D eigenvalue weighted by Gasteiger charge is 2.14. The van der Waals surface area contributed by atoms with E-state index in [1.165, 1.54) is 0 Å². The van der Waals surface area contributed by atoms with Gasteiger partial charge in [-0.1, -0.05) is 23.7 Å². The maximum atomic E-state index is 6.20. The van der Waals surface area contributed by atoms with Gasteiger partial charge in [0.15, 0.2) is 5.22 Å². The van der Waals surface area contributed by atoms with Crippen LogP contribution in [-0.2, 0) is 0 Å². The third kappa shape index (κ3) is 2.49. The van der Waals surface area contributed by atoms with Crippen molar-refractivity contribution in [2.75, 3.05) is 0 Å². The summed E-state index contributed by atoms with van der Waals surface area (Å²) in [6.45, 7) is 0. The molecule has 1 aromatic carbocycles. The Morgan fingerprint density at radius 3 is 2.13 bits per heavy atom. The lowest BCUT2D eigenvalue weighted by Gasteiger charge is -2.06. The molecule has 4 heteroatoms. The Morgan fingerprint density at radius 1 is 0.933 bits per heavy atom. The minimum Gasteiger partial charge on any atom is -0.448 e. The zero-order valence-corrected chi connectivity index (χ0v) is 9.85. The van der Waals surface area contributed by atoms with E-state index in [1.54, 1.807) is 24.3 Å². The summed E-state index contributed by atoms with van der Waals surface area (Å²) < 4.78 is 5.23. The molecule has 78 valence electrons. The Bertz CT molecular complexity index is 447. The number of hydrogen-bond donors (Lipinski definition) is 0. The van der Waals surface area contributed by atoms with E-state index in [-0.39, 0.29) is 5.38 Å². The highest BCUT2D eigenvalue weighted by molar-refractivity contribution is 6.30. The zero-order chi connectivity index (χ0) is 10.8. The molecule has 1 atom stereocenters. The maximum absolute atomic E-state index is 6.20. The van der Waals surface area contributed by atoms with Gasteiger partial charge in [-0.05, 0) is 41.4 Å². The normalized spacial score (nSPS) is 12.7. The summed E-state index contributed by atoms with van der Waals surface area (Å²) in [6.07, 6.45) is 0. The SMILES string of the molecule is Clc1ccc(C(Cl)c2ccc(Cl)o2)cc1. The molecule has 0 aliphatic carbocycles. The van der Waals surface area contributed by atoms with Gasteiger partial charge in [-0.2, -0.15) is 0 Å². The Balaban J connectivity index is 2.28. The third-order valence-corrected chi connectivity index (χ3v) is 2.93. The van der Waals surface area contributed by atoms with Gasteiger partial charge in [0.05, 0.1) is 0 Å². The lowest BCUT2D eigenvalue weighted by atomic mass is 10.1. The van der Waals surface area contributed by atoms with Crippen LogP contribution in [0, 0.1) is 0 Å². The van der Waals surface area contributed by atoms with Gasteiger partial charge >= 0.3 is 0 Å². The van der Waals surface area contributed by atoms with Gasteiger partial charge in [0, 0.05) is 5.02 Å². The minimum absolute atomic E-state index is 0.338. The first-order chi connectivity index (χ1) is 7.16. The van der Waals surface area contributed by atoms with Gasteiger partial charge in [0.25, 0.3) is 0 Å². The molecule has 0 saturated carbocycles. The summed E-state index contributed by atoms with van der Waals surface area (Å²) in [4.78, 5) is 0. The fraction of sp³-hybridized carbons (Fsp3) is 0.0909. The molecule has 1 heterocycles. The standard InChI is InChI=1S/C11H7Cl3O/c12-8-3-1-7(2-4-8)11(14)9-5-6-10(13)15-9/h1-6,11H. The van der Waals surface area contributed by atoms with Gasteiger partial charge in [-0.15, -0.1) is 11.6 Å². The van der Waals surface area contributed by atoms with Crippen LogP contribution in [0.2, 0.25) is 10.2 Å². The second-order valence-corrected chi connectivity index (χ2v) is 4.30. The molecule has 0 fully saturated rings. The van der Waals surface area contributed by atoms with Crippen molar-refractivity contribution in [3.05, 3.63) is 58.0 Å². The molecule has 0 spiro atoms. The number of benzene rings is 1. The predicted molar refractivity (Wildman–Crippen MR) is 62.9 cm³/mol. The Morgan fingerprint density at radius 2 is 1.60 bits per heavy atom. The van der Waals surface area contributed by atoms with Crippen molar-refractivity contribution >= 4 is 34.8 Å². The van der Waals surface area contributed by atoms with Gasteiger partial charge < -0.3 is 4.42 Å². The van der Waals surface area contributed by atoms with Gasteiger partial charge in [-0.25, -0.2) is 0 Å². The second-order valence-electron chi connectivity index (χ2n) is 3.06. The summed E-state index contributed by atoms with van der Waals surface area (Å²) in [5.41, 5.74) is 0.923. The van der Waals surface area contributed by atoms with E-state index in [1.807, 2.05) is 12.1 Å². The Kier molecular flexibility index (Phi) is 3.25. The molecule has 0 bridgehead atoms. The lowest BCUT2D eigenvalue weighted by molar-refractivity contribution is 0.518. The molecular weight excluding hydrogens is 254 g/mol. The molecule has 1 nitrogen and oxygen atoms in total. The van der Waals surface area contributed by atoms with Crippen LogP contribution in [0.5, 0.6) is 0 Å². The van der Waals surface area contributed by atoms with E-state index < -0.39 is 0 Å². The van der Waals surface area contributed by atoms with E-state index in [4.69, 9.17) is 39.2 Å². The van der Waals surface area contributed by atoms with Crippen LogP contribution in [0.25, 0.3) is 0 Å². The van der Waals surface area contributed by atoms with E-state index in [0.29, 0.717) is 16.0 Å². The maximum Gasteiger partial charge on any atom is 0.193 e. The summed E-state index contributed by atoms with van der Waals surface area (Å²) in [5, 5.41) is 0.680. The predicted octanol–water partition coefficient (Wildman–Crippen LogP) is 4.91. The molecule has 0 aliphatic heterocycles. The molecule has 2 aromatic rings. The van der Waals surface area contributed by atoms with Crippen LogP contribution in [0.3, 0.4) is 0 Å². The molecule has 0 saturated heterocycles. The zero-order valence-electron chi connectivity index (χ0n) is 7.58. The quantitative estimate of drug-likeness (QED) is 0.700. The van der Waals surface area contributed by atoms with Crippen LogP contribution in [0.15, 0.2) is 40.8 Å². The average molecular weight is 262 g/mol. The largest absolute Gasteiger partial charge is 0.448 e. The molecule has 15 heavy (non-hydrogen) atoms. The Hall–Kier alpha value is -0.630. The second kappa shape index (κ2) is 4.48. The molecule has 1 unspecified atom stereocenters. The van der Waals surface area contributed by atoms with Crippen LogP contribution in [0.4, 0.5) is 0 Å². The molecule has 1 aromatic heterocycles. The molecule has 0 aliphatic rings. The third-order valence-electron chi connectivity index (χ3n) is 2.01. The van der Waals surface area contributed by atoms with Crippen LogP contribution < -0.4 is 0 Å². The number of halogens is 3. The first-order valence-electron chi connectivity index (χ1n) is 4.31. The fourth-order valence-electron chi connectivity index (χ4n) is 1.26. The van der Waals surface area contributed by atoms with Gasteiger partial charge in [0.1, 0.15) is 11.1 Å². The van der Waals surface area contributed by atoms with E-state index in [2.05, 4.69) is 0 Å². The van der Waals surface area contributed by atoms with Crippen molar-refractivity contribution < 1.29 is 4.42 Å².